The van der Waals surface area contributed by atoms with Crippen molar-refractivity contribution in [1.82, 2.24) is 30.1 Å². The number of aromatic nitrogens is 6. The molecule has 5 heterocycles. The molecule has 0 radical (unpaired) electrons. The fraction of sp³-hybridized carbons (Fsp3) is 0.0435. The zero-order chi connectivity index (χ0) is 21.4. The summed E-state index contributed by atoms with van der Waals surface area (Å²) in [7, 11) is 0. The normalized spacial score (nSPS) is 11.8. The van der Waals surface area contributed by atoms with E-state index in [0.717, 1.165) is 44.7 Å². The molecule has 0 bridgehead atoms. The molecule has 0 amide bonds. The van der Waals surface area contributed by atoms with Gasteiger partial charge < -0.3 is 10.7 Å². The number of anilines is 1. The molecule has 5 rings (SSSR count). The Morgan fingerprint density at radius 3 is 2.84 bits per heavy atom. The summed E-state index contributed by atoms with van der Waals surface area (Å²) in [5.41, 5.74) is 13.7. The smallest absolute Gasteiger partial charge is 0.181 e. The monoisotopic (exact) mass is 425 g/mol. The number of thiophene rings is 1. The van der Waals surface area contributed by atoms with Crippen LogP contribution < -0.4 is 5.73 Å². The third-order valence-electron chi connectivity index (χ3n) is 5.00. The molecule has 152 valence electrons. The van der Waals surface area contributed by atoms with Gasteiger partial charge in [0.25, 0.3) is 0 Å². The number of nitrogens with two attached hydrogens (primary N) is 1. The number of nitrogens with one attached hydrogen (secondary N) is 2. The van der Waals surface area contributed by atoms with E-state index in [4.69, 9.17) is 10.7 Å². The van der Waals surface area contributed by atoms with Crippen molar-refractivity contribution >= 4 is 33.6 Å². The highest BCUT2D eigenvalue weighted by atomic mass is 32.1. The number of nitrogens with zero attached hydrogens (tertiary/aromatic N) is 4. The number of hydrogen-bond donors (Lipinski definition) is 3. The predicted molar refractivity (Wildman–Crippen MR) is 125 cm³/mol. The first-order valence-electron chi connectivity index (χ1n) is 9.61. The second-order valence-electron chi connectivity index (χ2n) is 7.09. The molecule has 0 aliphatic rings. The van der Waals surface area contributed by atoms with Crippen LogP contribution in [0.2, 0.25) is 0 Å². The number of rotatable bonds is 5. The summed E-state index contributed by atoms with van der Waals surface area (Å²) in [6.45, 7) is 5.87. The van der Waals surface area contributed by atoms with Gasteiger partial charge in [0.15, 0.2) is 11.5 Å². The number of imidazole rings is 1. The van der Waals surface area contributed by atoms with Crippen LogP contribution in [0, 0.1) is 6.92 Å². The first-order valence-corrected chi connectivity index (χ1v) is 10.6. The van der Waals surface area contributed by atoms with Crippen molar-refractivity contribution < 1.29 is 0 Å². The van der Waals surface area contributed by atoms with Crippen molar-refractivity contribution in [2.45, 2.75) is 6.92 Å². The van der Waals surface area contributed by atoms with Crippen LogP contribution in [0.4, 0.5) is 5.69 Å². The molecule has 7 nitrogen and oxygen atoms in total. The predicted octanol–water partition coefficient (Wildman–Crippen LogP) is 4.98. The average molecular weight is 426 g/mol. The molecule has 31 heavy (non-hydrogen) atoms. The first kappa shape index (κ1) is 19.0. The van der Waals surface area contributed by atoms with Crippen molar-refractivity contribution in [3.63, 3.8) is 0 Å². The second-order valence-corrected chi connectivity index (χ2v) is 7.87. The maximum absolute atomic E-state index is 5.89. The Bertz CT molecular complexity index is 1420. The van der Waals surface area contributed by atoms with E-state index in [1.807, 2.05) is 25.1 Å². The molecule has 0 saturated carbocycles. The van der Waals surface area contributed by atoms with Crippen LogP contribution in [0.15, 0.2) is 66.3 Å². The van der Waals surface area contributed by atoms with Crippen LogP contribution in [0.5, 0.6) is 0 Å². The van der Waals surface area contributed by atoms with E-state index in [-0.39, 0.29) is 0 Å². The molecule has 0 spiro atoms. The highest BCUT2D eigenvalue weighted by Crippen LogP contribution is 2.32. The summed E-state index contributed by atoms with van der Waals surface area (Å²) in [5, 5.41) is 12.5. The maximum Gasteiger partial charge on any atom is 0.181 e. The zero-order valence-electron chi connectivity index (χ0n) is 16.8. The zero-order valence-corrected chi connectivity index (χ0v) is 17.6. The summed E-state index contributed by atoms with van der Waals surface area (Å²) >= 11 is 1.65. The number of H-pyrrole nitrogens is 2. The number of fused-ring (bicyclic) bond motifs is 1. The van der Waals surface area contributed by atoms with E-state index < -0.39 is 0 Å². The van der Waals surface area contributed by atoms with E-state index >= 15 is 0 Å². The number of aryl methyl sites for hydroxylation is 1. The van der Waals surface area contributed by atoms with E-state index in [1.165, 1.54) is 0 Å². The lowest BCUT2D eigenvalue weighted by molar-refractivity contribution is 1.08. The highest BCUT2D eigenvalue weighted by molar-refractivity contribution is 7.08. The van der Waals surface area contributed by atoms with Crippen LogP contribution in [0.3, 0.4) is 0 Å². The van der Waals surface area contributed by atoms with Gasteiger partial charge in [-0.2, -0.15) is 16.4 Å². The van der Waals surface area contributed by atoms with E-state index in [1.54, 1.807) is 36.0 Å². The number of hydrogen-bond acceptors (Lipinski definition) is 6. The minimum Gasteiger partial charge on any atom is -0.397 e. The molecule has 0 atom stereocenters. The van der Waals surface area contributed by atoms with Crippen LogP contribution in [0.1, 0.15) is 17.0 Å². The van der Waals surface area contributed by atoms with Crippen molar-refractivity contribution in [3.05, 3.63) is 83.2 Å². The largest absolute Gasteiger partial charge is 0.397 e. The van der Waals surface area contributed by atoms with E-state index in [2.05, 4.69) is 48.6 Å². The first-order chi connectivity index (χ1) is 15.1. The molecule has 0 aliphatic carbocycles. The lowest BCUT2D eigenvalue weighted by atomic mass is 10.0. The van der Waals surface area contributed by atoms with Gasteiger partial charge in [0.2, 0.25) is 0 Å². The fourth-order valence-electron chi connectivity index (χ4n) is 3.54. The minimum absolute atomic E-state index is 0.603. The number of nitrogen functional groups attached to an aromatic ring is 1. The highest BCUT2D eigenvalue weighted by Gasteiger charge is 2.18. The van der Waals surface area contributed by atoms with Crippen molar-refractivity contribution in [2.75, 3.05) is 5.73 Å². The Hall–Kier alpha value is -4.04. The lowest BCUT2D eigenvalue weighted by Crippen LogP contribution is -1.89. The average Bonchev–Trinajstić information content (AvgIpc) is 3.51. The van der Waals surface area contributed by atoms with Crippen LogP contribution in [-0.4, -0.2) is 30.1 Å². The summed E-state index contributed by atoms with van der Waals surface area (Å²) in [6.07, 6.45) is 8.91. The SMILES string of the molecule is C=C/C=C(/c1ccsc1)c1nc(-c2[nH]nc3ncc(-c4cncc(N)c4)cc23)[nH]c1C. The summed E-state index contributed by atoms with van der Waals surface area (Å²) in [4.78, 5) is 17.0. The standard InChI is InChI=1S/C23H19N7S/c1-3-4-18(14-5-6-31-12-14)20-13(2)27-23(28-20)21-19-8-16(10-26-22(19)30-29-21)15-7-17(24)11-25-9-15/h3-12H,1,24H2,2H3,(H,27,28)(H,26,29,30)/b18-4-. The fourth-order valence-corrected chi connectivity index (χ4v) is 4.20. The maximum atomic E-state index is 5.89. The second kappa shape index (κ2) is 7.66. The van der Waals surface area contributed by atoms with Gasteiger partial charge in [-0.15, -0.1) is 0 Å². The van der Waals surface area contributed by atoms with Gasteiger partial charge in [0.1, 0.15) is 5.69 Å². The van der Waals surface area contributed by atoms with Gasteiger partial charge in [-0.25, -0.2) is 9.97 Å². The molecule has 8 heteroatoms. The Labute approximate surface area is 182 Å². The Morgan fingerprint density at radius 1 is 1.19 bits per heavy atom. The number of pyridine rings is 2. The molecule has 0 saturated heterocycles. The van der Waals surface area contributed by atoms with E-state index in [9.17, 15) is 0 Å². The molecular weight excluding hydrogens is 406 g/mol. The Kier molecular flexibility index (Phi) is 4.68. The van der Waals surface area contributed by atoms with Crippen molar-refractivity contribution in [2.24, 2.45) is 0 Å². The summed E-state index contributed by atoms with van der Waals surface area (Å²) in [6, 6.07) is 5.97. The molecule has 0 aromatic carbocycles. The van der Waals surface area contributed by atoms with Gasteiger partial charge >= 0.3 is 0 Å². The topological polar surface area (TPSA) is 109 Å². The third kappa shape index (κ3) is 3.43. The van der Waals surface area contributed by atoms with Crippen LogP contribution in [0.25, 0.3) is 39.3 Å². The molecule has 5 aromatic heterocycles. The third-order valence-corrected chi connectivity index (χ3v) is 5.68. The molecule has 4 N–H and O–H groups in total. The molecule has 0 unspecified atom stereocenters. The van der Waals surface area contributed by atoms with Gasteiger partial charge in [0, 0.05) is 41.0 Å². The van der Waals surface area contributed by atoms with Crippen LogP contribution in [-0.2, 0) is 0 Å². The number of aromatic amines is 2. The van der Waals surface area contributed by atoms with Gasteiger partial charge in [-0.1, -0.05) is 18.7 Å². The molecule has 0 aliphatic heterocycles. The van der Waals surface area contributed by atoms with Crippen molar-refractivity contribution in [1.29, 1.82) is 0 Å². The quantitative estimate of drug-likeness (QED) is 0.344. The minimum atomic E-state index is 0.603. The van der Waals surface area contributed by atoms with Gasteiger partial charge in [0.05, 0.1) is 16.8 Å². The molecular formula is C23H19N7S. The molecule has 0 fully saturated rings. The van der Waals surface area contributed by atoms with Crippen LogP contribution >= 0.6 is 11.3 Å². The summed E-state index contributed by atoms with van der Waals surface area (Å²) in [5.74, 6) is 0.699. The lowest BCUT2D eigenvalue weighted by Gasteiger charge is -2.03. The Morgan fingerprint density at radius 2 is 2.06 bits per heavy atom. The van der Waals surface area contributed by atoms with Gasteiger partial charge in [-0.3, -0.25) is 10.1 Å². The summed E-state index contributed by atoms with van der Waals surface area (Å²) < 4.78 is 0. The van der Waals surface area contributed by atoms with Gasteiger partial charge in [-0.05, 0) is 41.4 Å². The van der Waals surface area contributed by atoms with Crippen molar-refractivity contribution in [3.8, 4) is 22.6 Å². The van der Waals surface area contributed by atoms with E-state index in [0.29, 0.717) is 17.2 Å². The number of allylic oxidation sites excluding steroid dienone is 2. The molecule has 5 aromatic rings. The Balaban J connectivity index is 1.62.